The number of nitrogens with zero attached hydrogens (tertiary/aromatic N) is 1. The predicted molar refractivity (Wildman–Crippen MR) is 42.2 cm³/mol. The molecule has 0 rings (SSSR count). The van der Waals surface area contributed by atoms with Crippen molar-refractivity contribution < 1.29 is 0 Å². The molecule has 8 heavy (non-hydrogen) atoms. The third-order valence-electron chi connectivity index (χ3n) is 0. The molecule has 0 spiro atoms. The molecular formula is C7H19N. The van der Waals surface area contributed by atoms with Gasteiger partial charge in [-0.25, -0.2) is 0 Å². The summed E-state index contributed by atoms with van der Waals surface area (Å²) >= 11 is 0. The first kappa shape index (κ1) is 15.6. The maximum absolute atomic E-state index is 3.00. The van der Waals surface area contributed by atoms with Crippen LogP contribution in [-0.4, -0.2) is 26.0 Å². The van der Waals surface area contributed by atoms with Gasteiger partial charge in [0.1, 0.15) is 0 Å². The Balaban J connectivity index is -0.0000000542. The molecule has 0 aromatic carbocycles. The number of hydrogen-bond acceptors (Lipinski definition) is 1. The Hall–Kier alpha value is -0.300. The summed E-state index contributed by atoms with van der Waals surface area (Å²) in [6.07, 6.45) is 0. The van der Waals surface area contributed by atoms with Crippen LogP contribution in [0.5, 0.6) is 0 Å². The van der Waals surface area contributed by atoms with Crippen LogP contribution in [0.25, 0.3) is 0 Å². The summed E-state index contributed by atoms with van der Waals surface area (Å²) in [5, 5.41) is 0. The van der Waals surface area contributed by atoms with Crippen molar-refractivity contribution in [3.63, 3.8) is 0 Å². The van der Waals surface area contributed by atoms with Crippen LogP contribution in [0.2, 0.25) is 0 Å². The molecule has 0 unspecified atom stereocenters. The monoisotopic (exact) mass is 117 g/mol. The second-order valence-corrected chi connectivity index (χ2v) is 1.34. The van der Waals surface area contributed by atoms with E-state index in [-0.39, 0.29) is 0 Å². The molecule has 0 fully saturated rings. The van der Waals surface area contributed by atoms with Crippen molar-refractivity contribution in [2.45, 2.75) is 13.8 Å². The van der Waals surface area contributed by atoms with Crippen LogP contribution in [0.4, 0.5) is 0 Å². The second kappa shape index (κ2) is 29.9. The quantitative estimate of drug-likeness (QED) is 0.439. The van der Waals surface area contributed by atoms with Crippen molar-refractivity contribution in [2.75, 3.05) is 21.1 Å². The van der Waals surface area contributed by atoms with Gasteiger partial charge >= 0.3 is 0 Å². The Morgan fingerprint density at radius 3 is 0.875 bits per heavy atom. The largest absolute Gasteiger partial charge is 0.312 e. The summed E-state index contributed by atoms with van der Waals surface area (Å²) in [5.41, 5.74) is 0. The van der Waals surface area contributed by atoms with Gasteiger partial charge in [-0.2, -0.15) is 0 Å². The topological polar surface area (TPSA) is 3.24 Å². The first-order valence-electron chi connectivity index (χ1n) is 2.84. The zero-order chi connectivity index (χ0) is 7.58. The molecule has 0 aromatic heterocycles. The molecule has 0 radical (unpaired) electrons. The van der Waals surface area contributed by atoms with Crippen molar-refractivity contribution in [1.82, 2.24) is 4.90 Å². The van der Waals surface area contributed by atoms with Crippen LogP contribution in [0.1, 0.15) is 13.8 Å². The molecule has 0 aliphatic carbocycles. The Morgan fingerprint density at radius 1 is 0.875 bits per heavy atom. The van der Waals surface area contributed by atoms with Crippen molar-refractivity contribution in [3.8, 4) is 0 Å². The summed E-state index contributed by atoms with van der Waals surface area (Å²) in [7, 11) is 6.00. The van der Waals surface area contributed by atoms with Crippen molar-refractivity contribution in [3.05, 3.63) is 13.2 Å². The first-order chi connectivity index (χ1) is 3.73. The van der Waals surface area contributed by atoms with Crippen molar-refractivity contribution >= 4 is 0 Å². The maximum atomic E-state index is 3.00. The van der Waals surface area contributed by atoms with Gasteiger partial charge in [-0.05, 0) is 21.1 Å². The number of rotatable bonds is 0. The van der Waals surface area contributed by atoms with Gasteiger partial charge in [-0.1, -0.05) is 13.8 Å². The summed E-state index contributed by atoms with van der Waals surface area (Å²) < 4.78 is 0. The van der Waals surface area contributed by atoms with Crippen molar-refractivity contribution in [1.29, 1.82) is 0 Å². The maximum Gasteiger partial charge on any atom is -0.0140 e. The molecule has 1 nitrogen and oxygen atoms in total. The highest BCUT2D eigenvalue weighted by atomic mass is 15.0. The van der Waals surface area contributed by atoms with Gasteiger partial charge in [0.2, 0.25) is 0 Å². The minimum Gasteiger partial charge on any atom is -0.312 e. The number of hydrogen-bond donors (Lipinski definition) is 0. The van der Waals surface area contributed by atoms with Gasteiger partial charge in [-0.15, -0.1) is 13.2 Å². The van der Waals surface area contributed by atoms with E-state index in [1.165, 1.54) is 0 Å². The molecule has 0 atom stereocenters. The van der Waals surface area contributed by atoms with E-state index in [9.17, 15) is 0 Å². The molecule has 0 bridgehead atoms. The van der Waals surface area contributed by atoms with Crippen LogP contribution in [-0.2, 0) is 0 Å². The summed E-state index contributed by atoms with van der Waals surface area (Å²) in [5.74, 6) is 0. The lowest BCUT2D eigenvalue weighted by Gasteiger charge is -1.90. The average molecular weight is 117 g/mol. The molecular weight excluding hydrogens is 98.1 g/mol. The van der Waals surface area contributed by atoms with Gasteiger partial charge in [-0.3, -0.25) is 0 Å². The van der Waals surface area contributed by atoms with Gasteiger partial charge in [0.15, 0.2) is 0 Å². The summed E-state index contributed by atoms with van der Waals surface area (Å²) in [6.45, 7) is 10.0. The predicted octanol–water partition coefficient (Wildman–Crippen LogP) is 2.01. The van der Waals surface area contributed by atoms with E-state index >= 15 is 0 Å². The minimum atomic E-state index is 2.00. The smallest absolute Gasteiger partial charge is 0.0140 e. The second-order valence-electron chi connectivity index (χ2n) is 1.34. The first-order valence-corrected chi connectivity index (χ1v) is 2.84. The lowest BCUT2D eigenvalue weighted by Crippen LogP contribution is -1.99. The molecule has 52 valence electrons. The van der Waals surface area contributed by atoms with E-state index < -0.39 is 0 Å². The van der Waals surface area contributed by atoms with E-state index in [1.54, 1.807) is 0 Å². The molecule has 0 saturated heterocycles. The van der Waals surface area contributed by atoms with Crippen LogP contribution >= 0.6 is 0 Å². The molecule has 0 aromatic rings. The van der Waals surface area contributed by atoms with Gasteiger partial charge in [0.25, 0.3) is 0 Å². The highest BCUT2D eigenvalue weighted by Crippen LogP contribution is 1.47. The average Bonchev–Trinajstić information content (AvgIpc) is 1.75. The Morgan fingerprint density at radius 2 is 0.875 bits per heavy atom. The summed E-state index contributed by atoms with van der Waals surface area (Å²) in [4.78, 5) is 2.00. The van der Waals surface area contributed by atoms with Crippen molar-refractivity contribution in [2.24, 2.45) is 0 Å². The molecule has 0 amide bonds. The highest BCUT2D eigenvalue weighted by Gasteiger charge is 1.58. The Bertz CT molecular complexity index is 15.6. The van der Waals surface area contributed by atoms with E-state index in [2.05, 4.69) is 13.2 Å². The molecule has 0 heterocycles. The zero-order valence-corrected chi connectivity index (χ0v) is 6.86. The van der Waals surface area contributed by atoms with E-state index in [1.807, 2.05) is 39.9 Å². The third kappa shape index (κ3) is 1400. The molecule has 0 N–H and O–H groups in total. The standard InChI is InChI=1S/C3H9N.C2H6.C2H4/c1-4(2)3;2*1-2/h1-3H3;1-2H3;1-2H2. The van der Waals surface area contributed by atoms with E-state index in [4.69, 9.17) is 0 Å². The van der Waals surface area contributed by atoms with Crippen LogP contribution < -0.4 is 0 Å². The lowest BCUT2D eigenvalue weighted by atomic mass is 11.0. The van der Waals surface area contributed by atoms with Gasteiger partial charge in [0, 0.05) is 0 Å². The molecule has 0 saturated carbocycles. The van der Waals surface area contributed by atoms with Crippen LogP contribution in [0, 0.1) is 0 Å². The molecule has 0 aliphatic heterocycles. The fourth-order valence-electron chi connectivity index (χ4n) is 0. The normalized spacial score (nSPS) is 5.75. The third-order valence-corrected chi connectivity index (χ3v) is 0. The van der Waals surface area contributed by atoms with Crippen LogP contribution in [0.15, 0.2) is 13.2 Å². The summed E-state index contributed by atoms with van der Waals surface area (Å²) in [6, 6.07) is 0. The SMILES string of the molecule is C=C.CC.CN(C)C. The fourth-order valence-corrected chi connectivity index (χ4v) is 0. The van der Waals surface area contributed by atoms with Crippen LogP contribution in [0.3, 0.4) is 0 Å². The lowest BCUT2D eigenvalue weighted by molar-refractivity contribution is 0.505. The van der Waals surface area contributed by atoms with E-state index in [0.717, 1.165) is 0 Å². The molecule has 0 aliphatic rings. The van der Waals surface area contributed by atoms with Gasteiger partial charge < -0.3 is 4.90 Å². The molecule has 1 heteroatoms. The Labute approximate surface area is 54.0 Å². The van der Waals surface area contributed by atoms with Gasteiger partial charge in [0.05, 0.1) is 0 Å². The Kier molecular flexibility index (Phi) is 58.4. The highest BCUT2D eigenvalue weighted by molar-refractivity contribution is 4.22. The minimum absolute atomic E-state index is 2.00. The van der Waals surface area contributed by atoms with E-state index in [0.29, 0.717) is 0 Å². The zero-order valence-electron chi connectivity index (χ0n) is 6.86. The fraction of sp³-hybridized carbons (Fsp3) is 0.714.